The Hall–Kier alpha value is -1.68. The maximum atomic E-state index is 6.24. The van der Waals surface area contributed by atoms with Gasteiger partial charge in [-0.1, -0.05) is 23.7 Å². The molecule has 0 saturated heterocycles. The summed E-state index contributed by atoms with van der Waals surface area (Å²) in [5.74, 6) is 0.954. The van der Waals surface area contributed by atoms with Crippen LogP contribution < -0.4 is 10.6 Å². The van der Waals surface area contributed by atoms with Gasteiger partial charge in [0.1, 0.15) is 0 Å². The van der Waals surface area contributed by atoms with Crippen molar-refractivity contribution in [2.45, 2.75) is 39.8 Å². The quantitative estimate of drug-likeness (QED) is 0.920. The maximum Gasteiger partial charge on any atom is 0.151 e. The van der Waals surface area contributed by atoms with Crippen molar-refractivity contribution in [3.05, 3.63) is 40.5 Å². The molecule has 5 heteroatoms. The van der Waals surface area contributed by atoms with E-state index in [2.05, 4.69) is 36.8 Å². The van der Waals surface area contributed by atoms with E-state index in [0.717, 1.165) is 27.8 Å². The molecule has 0 fully saturated rings. The van der Waals surface area contributed by atoms with Crippen LogP contribution in [0.25, 0.3) is 0 Å². The number of rotatable bonds is 4. The molecule has 1 unspecified atom stereocenters. The third-order valence-electron chi connectivity index (χ3n) is 3.84. The van der Waals surface area contributed by atoms with Gasteiger partial charge < -0.3 is 10.6 Å². The molecule has 2 rings (SSSR count). The third-order valence-corrected chi connectivity index (χ3v) is 4.08. The Morgan fingerprint density at radius 2 is 1.95 bits per heavy atom. The van der Waals surface area contributed by atoms with Crippen molar-refractivity contribution in [2.24, 2.45) is 0 Å². The summed E-state index contributed by atoms with van der Waals surface area (Å²) in [6.45, 7) is 8.29. The van der Waals surface area contributed by atoms with Crippen LogP contribution in [0.5, 0.6) is 0 Å². The largest absolute Gasteiger partial charge is 0.394 e. The molecular formula is C16H23ClN4. The van der Waals surface area contributed by atoms with E-state index in [4.69, 9.17) is 17.3 Å². The molecule has 0 spiro atoms. The fourth-order valence-electron chi connectivity index (χ4n) is 2.43. The van der Waals surface area contributed by atoms with Crippen molar-refractivity contribution < 1.29 is 0 Å². The average molecular weight is 307 g/mol. The lowest BCUT2D eigenvalue weighted by molar-refractivity contribution is 0.519. The van der Waals surface area contributed by atoms with Crippen LogP contribution in [0.3, 0.4) is 0 Å². The average Bonchev–Trinajstić information content (AvgIpc) is 2.73. The van der Waals surface area contributed by atoms with Gasteiger partial charge in [0.25, 0.3) is 0 Å². The predicted octanol–water partition coefficient (Wildman–Crippen LogP) is 4.21. The molecule has 1 heterocycles. The summed E-state index contributed by atoms with van der Waals surface area (Å²) in [7, 11) is 2.04. The molecule has 0 aliphatic heterocycles. The topological polar surface area (TPSA) is 47.1 Å². The van der Waals surface area contributed by atoms with E-state index in [1.807, 2.05) is 36.9 Å². The highest BCUT2D eigenvalue weighted by molar-refractivity contribution is 6.30. The first-order chi connectivity index (χ1) is 9.82. The second kappa shape index (κ2) is 5.98. The Morgan fingerprint density at radius 3 is 2.52 bits per heavy atom. The van der Waals surface area contributed by atoms with E-state index in [0.29, 0.717) is 0 Å². The van der Waals surface area contributed by atoms with Gasteiger partial charge in [-0.25, -0.2) is 4.68 Å². The molecule has 4 nitrogen and oxygen atoms in total. The monoisotopic (exact) mass is 306 g/mol. The van der Waals surface area contributed by atoms with Crippen molar-refractivity contribution in [1.29, 1.82) is 0 Å². The Morgan fingerprint density at radius 1 is 1.29 bits per heavy atom. The molecule has 2 N–H and O–H groups in total. The zero-order valence-electron chi connectivity index (χ0n) is 13.3. The highest BCUT2D eigenvalue weighted by Crippen LogP contribution is 2.34. The summed E-state index contributed by atoms with van der Waals surface area (Å²) in [4.78, 5) is 2.15. The Kier molecular flexibility index (Phi) is 4.47. The number of halogens is 1. The van der Waals surface area contributed by atoms with E-state index in [9.17, 15) is 0 Å². The van der Waals surface area contributed by atoms with Gasteiger partial charge in [0.2, 0.25) is 0 Å². The summed E-state index contributed by atoms with van der Waals surface area (Å²) in [6, 6.07) is 8.32. The molecule has 1 atom stereocenters. The summed E-state index contributed by atoms with van der Waals surface area (Å²) >= 11 is 6.10. The van der Waals surface area contributed by atoms with E-state index >= 15 is 0 Å². The minimum atomic E-state index is 0.152. The second-order valence-electron chi connectivity index (χ2n) is 5.70. The molecule has 0 saturated carbocycles. The van der Waals surface area contributed by atoms with Crippen LogP contribution >= 0.6 is 11.6 Å². The Bertz CT molecular complexity index is 633. The molecule has 1 aromatic heterocycles. The van der Waals surface area contributed by atoms with Crippen LogP contribution in [0.2, 0.25) is 5.02 Å². The minimum absolute atomic E-state index is 0.152. The lowest BCUT2D eigenvalue weighted by Crippen LogP contribution is -2.26. The molecule has 0 aliphatic rings. The number of benzene rings is 1. The molecule has 1 aromatic carbocycles. The highest BCUT2D eigenvalue weighted by atomic mass is 35.5. The smallest absolute Gasteiger partial charge is 0.151 e. The van der Waals surface area contributed by atoms with Crippen LogP contribution in [0.15, 0.2) is 24.3 Å². The number of nitrogens with zero attached hydrogens (tertiary/aromatic N) is 3. The zero-order valence-corrected chi connectivity index (χ0v) is 14.0. The van der Waals surface area contributed by atoms with Gasteiger partial charge in [0, 0.05) is 18.1 Å². The van der Waals surface area contributed by atoms with Gasteiger partial charge in [-0.05, 0) is 45.4 Å². The first-order valence-corrected chi connectivity index (χ1v) is 7.53. The molecule has 0 radical (unpaired) electrons. The van der Waals surface area contributed by atoms with Crippen LogP contribution in [0.4, 0.5) is 11.5 Å². The normalized spacial score (nSPS) is 12.7. The van der Waals surface area contributed by atoms with Crippen LogP contribution in [0, 0.1) is 6.92 Å². The zero-order chi connectivity index (χ0) is 15.7. The number of nitrogens with two attached hydrogens (primary N) is 1. The predicted molar refractivity (Wildman–Crippen MR) is 90.0 cm³/mol. The summed E-state index contributed by atoms with van der Waals surface area (Å²) in [5.41, 5.74) is 8.99. The molecule has 0 bridgehead atoms. The summed E-state index contributed by atoms with van der Waals surface area (Å²) in [6.07, 6.45) is 0. The van der Waals surface area contributed by atoms with Crippen molar-refractivity contribution >= 4 is 23.1 Å². The first-order valence-electron chi connectivity index (χ1n) is 7.15. The number of nitrogen functional groups attached to an aromatic ring is 1. The molecule has 21 heavy (non-hydrogen) atoms. The van der Waals surface area contributed by atoms with E-state index < -0.39 is 0 Å². The van der Waals surface area contributed by atoms with Gasteiger partial charge in [-0.2, -0.15) is 5.10 Å². The van der Waals surface area contributed by atoms with Gasteiger partial charge >= 0.3 is 0 Å². The van der Waals surface area contributed by atoms with Gasteiger partial charge in [-0.15, -0.1) is 0 Å². The number of hydrogen-bond acceptors (Lipinski definition) is 3. The fourth-order valence-corrected chi connectivity index (χ4v) is 2.63. The summed E-state index contributed by atoms with van der Waals surface area (Å²) < 4.78 is 1.98. The van der Waals surface area contributed by atoms with Gasteiger partial charge in [0.15, 0.2) is 5.82 Å². The van der Waals surface area contributed by atoms with Crippen molar-refractivity contribution in [3.8, 4) is 0 Å². The minimum Gasteiger partial charge on any atom is -0.394 e. The standard InChI is InChI=1S/C16H23ClN4/c1-10(2)21-16(15(18)11(3)19-21)20(5)12(4)13-7-6-8-14(17)9-13/h6-10,12H,18H2,1-5H3. The first kappa shape index (κ1) is 15.7. The number of aromatic nitrogens is 2. The number of hydrogen-bond donors (Lipinski definition) is 1. The van der Waals surface area contributed by atoms with Crippen molar-refractivity contribution in [3.63, 3.8) is 0 Å². The van der Waals surface area contributed by atoms with Gasteiger partial charge in [0.05, 0.1) is 17.4 Å². The number of aryl methyl sites for hydroxylation is 1. The molecule has 0 amide bonds. The lowest BCUT2D eigenvalue weighted by atomic mass is 10.1. The fraction of sp³-hybridized carbons (Fsp3) is 0.438. The second-order valence-corrected chi connectivity index (χ2v) is 6.14. The van der Waals surface area contributed by atoms with Crippen LogP contribution in [-0.4, -0.2) is 16.8 Å². The molecule has 114 valence electrons. The van der Waals surface area contributed by atoms with Crippen molar-refractivity contribution in [2.75, 3.05) is 17.7 Å². The van der Waals surface area contributed by atoms with Crippen LogP contribution in [0.1, 0.15) is 44.1 Å². The molecule has 0 aliphatic carbocycles. The maximum absolute atomic E-state index is 6.24. The Balaban J connectivity index is 2.42. The highest BCUT2D eigenvalue weighted by Gasteiger charge is 2.22. The SMILES string of the molecule is Cc1nn(C(C)C)c(N(C)C(C)c2cccc(Cl)c2)c1N. The summed E-state index contributed by atoms with van der Waals surface area (Å²) in [5, 5.41) is 5.29. The van der Waals surface area contributed by atoms with E-state index in [1.165, 1.54) is 0 Å². The van der Waals surface area contributed by atoms with Crippen molar-refractivity contribution in [1.82, 2.24) is 9.78 Å². The van der Waals surface area contributed by atoms with E-state index in [1.54, 1.807) is 0 Å². The Labute approximate surface area is 131 Å². The molecular weight excluding hydrogens is 284 g/mol. The lowest BCUT2D eigenvalue weighted by Gasteiger charge is -2.29. The number of anilines is 2. The van der Waals surface area contributed by atoms with E-state index in [-0.39, 0.29) is 12.1 Å². The van der Waals surface area contributed by atoms with Crippen LogP contribution in [-0.2, 0) is 0 Å². The van der Waals surface area contributed by atoms with Gasteiger partial charge in [-0.3, -0.25) is 0 Å². The molecule has 2 aromatic rings. The third kappa shape index (κ3) is 3.00.